The highest BCUT2D eigenvalue weighted by molar-refractivity contribution is 5.84. The van der Waals surface area contributed by atoms with Crippen LogP contribution in [-0.4, -0.2) is 0 Å². The van der Waals surface area contributed by atoms with E-state index in [-0.39, 0.29) is 0 Å². The van der Waals surface area contributed by atoms with E-state index in [2.05, 4.69) is 55.5 Å². The molecule has 1 aromatic rings. The number of aryl methyl sites for hydroxylation is 2. The van der Waals surface area contributed by atoms with Gasteiger partial charge in [0.05, 0.1) is 12.5 Å². The Labute approximate surface area is 107 Å². The van der Waals surface area contributed by atoms with Gasteiger partial charge in [0.1, 0.15) is 0 Å². The smallest absolute Gasteiger partial charge is 0.213 e. The lowest BCUT2D eigenvalue weighted by molar-refractivity contribution is 0.530. The Kier molecular flexibility index (Phi) is 2.60. The second kappa shape index (κ2) is 4.26. The lowest BCUT2D eigenvalue weighted by Crippen LogP contribution is -1.82. The van der Waals surface area contributed by atoms with Crippen molar-refractivity contribution < 1.29 is 4.42 Å². The zero-order chi connectivity index (χ0) is 12.5. The van der Waals surface area contributed by atoms with Crippen LogP contribution in [0.15, 0.2) is 59.0 Å². The number of hydrogen-bond donors (Lipinski definition) is 0. The lowest BCUT2D eigenvalue weighted by Gasteiger charge is -1.95. The molecule has 0 spiro atoms. The van der Waals surface area contributed by atoms with Crippen molar-refractivity contribution in [3.8, 4) is 22.5 Å². The standard InChI is InChI=1S/C17H15O/c1-12-10-13(2)18-17(11-12)16-9-8-14-6-4-3-5-7-15(14)16/h3-11H,1-2H3/q+1. The molecule has 2 aliphatic carbocycles. The van der Waals surface area contributed by atoms with E-state index in [0.717, 1.165) is 17.1 Å². The molecule has 2 aliphatic rings. The summed E-state index contributed by atoms with van der Waals surface area (Å²) in [5.41, 5.74) is 4.86. The summed E-state index contributed by atoms with van der Waals surface area (Å²) in [6.45, 7) is 4.08. The van der Waals surface area contributed by atoms with Gasteiger partial charge in [0.25, 0.3) is 0 Å². The van der Waals surface area contributed by atoms with Crippen molar-refractivity contribution in [2.24, 2.45) is 0 Å². The minimum atomic E-state index is 0.939. The van der Waals surface area contributed by atoms with Crippen LogP contribution in [-0.2, 0) is 0 Å². The molecule has 3 rings (SSSR count). The molecule has 1 aromatic heterocycles. The molecule has 0 N–H and O–H groups in total. The van der Waals surface area contributed by atoms with Crippen molar-refractivity contribution in [3.05, 3.63) is 65.9 Å². The maximum Gasteiger partial charge on any atom is 0.361 e. The second-order valence-corrected chi connectivity index (χ2v) is 4.64. The Balaban J connectivity index is 2.22. The molecule has 18 heavy (non-hydrogen) atoms. The summed E-state index contributed by atoms with van der Waals surface area (Å²) in [4.78, 5) is 0. The van der Waals surface area contributed by atoms with Crippen molar-refractivity contribution in [3.63, 3.8) is 0 Å². The summed E-state index contributed by atoms with van der Waals surface area (Å²) in [5.74, 6) is 1.88. The van der Waals surface area contributed by atoms with E-state index in [1.807, 2.05) is 13.0 Å². The van der Waals surface area contributed by atoms with Crippen LogP contribution in [0.3, 0.4) is 0 Å². The van der Waals surface area contributed by atoms with Gasteiger partial charge in [-0.3, -0.25) is 0 Å². The van der Waals surface area contributed by atoms with E-state index in [1.165, 1.54) is 16.7 Å². The van der Waals surface area contributed by atoms with Gasteiger partial charge in [-0.15, -0.1) is 0 Å². The van der Waals surface area contributed by atoms with Gasteiger partial charge in [-0.2, -0.15) is 0 Å². The number of fused-ring (bicyclic) bond motifs is 1. The van der Waals surface area contributed by atoms with Crippen molar-refractivity contribution in [1.82, 2.24) is 0 Å². The lowest BCUT2D eigenvalue weighted by atomic mass is 10.1. The summed E-state index contributed by atoms with van der Waals surface area (Å²) >= 11 is 0. The minimum Gasteiger partial charge on any atom is -0.213 e. The van der Waals surface area contributed by atoms with E-state index in [9.17, 15) is 0 Å². The molecule has 0 saturated heterocycles. The van der Waals surface area contributed by atoms with Crippen molar-refractivity contribution in [1.29, 1.82) is 0 Å². The van der Waals surface area contributed by atoms with E-state index < -0.39 is 0 Å². The van der Waals surface area contributed by atoms with Crippen molar-refractivity contribution in [2.45, 2.75) is 13.8 Å². The van der Waals surface area contributed by atoms with Gasteiger partial charge >= 0.3 is 11.5 Å². The molecule has 0 aromatic carbocycles. The first-order chi connectivity index (χ1) is 8.74. The molecule has 1 heteroatoms. The van der Waals surface area contributed by atoms with Gasteiger partial charge in [-0.05, 0) is 29.7 Å². The third-order valence-electron chi connectivity index (χ3n) is 3.12. The Bertz CT molecular complexity index is 650. The van der Waals surface area contributed by atoms with Crippen LogP contribution >= 0.6 is 0 Å². The fourth-order valence-electron chi connectivity index (χ4n) is 2.36. The average Bonchev–Trinajstić information content (AvgIpc) is 2.57. The van der Waals surface area contributed by atoms with E-state index in [0.29, 0.717) is 0 Å². The fourth-order valence-corrected chi connectivity index (χ4v) is 2.36. The number of hydrogen-bond acceptors (Lipinski definition) is 0. The van der Waals surface area contributed by atoms with Gasteiger partial charge in [-0.25, -0.2) is 4.42 Å². The van der Waals surface area contributed by atoms with Crippen LogP contribution in [0.2, 0.25) is 0 Å². The molecule has 0 atom stereocenters. The molecule has 0 fully saturated rings. The maximum atomic E-state index is 5.84. The summed E-state index contributed by atoms with van der Waals surface area (Å²) in [7, 11) is 0. The minimum absolute atomic E-state index is 0.939. The Morgan fingerprint density at radius 2 is 1.61 bits per heavy atom. The normalized spacial score (nSPS) is 10.8. The van der Waals surface area contributed by atoms with Gasteiger partial charge in [-0.1, -0.05) is 36.4 Å². The molecule has 0 aliphatic heterocycles. The van der Waals surface area contributed by atoms with Crippen LogP contribution in [0.25, 0.3) is 22.5 Å². The van der Waals surface area contributed by atoms with Crippen LogP contribution in [0.5, 0.6) is 0 Å². The maximum absolute atomic E-state index is 5.84. The molecular weight excluding hydrogens is 220 g/mol. The third kappa shape index (κ3) is 1.88. The summed E-state index contributed by atoms with van der Waals surface area (Å²) < 4.78 is 5.84. The topological polar surface area (TPSA) is 11.3 Å². The molecule has 0 bridgehead atoms. The molecule has 0 amide bonds. The highest BCUT2D eigenvalue weighted by atomic mass is 16.3. The molecular formula is C17H15O+. The largest absolute Gasteiger partial charge is 0.361 e. The van der Waals surface area contributed by atoms with E-state index >= 15 is 0 Å². The molecule has 0 saturated carbocycles. The van der Waals surface area contributed by atoms with Crippen LogP contribution in [0.1, 0.15) is 11.3 Å². The Morgan fingerprint density at radius 1 is 0.778 bits per heavy atom. The predicted molar refractivity (Wildman–Crippen MR) is 74.6 cm³/mol. The van der Waals surface area contributed by atoms with E-state index in [1.54, 1.807) is 0 Å². The number of rotatable bonds is 1. The summed E-state index contributed by atoms with van der Waals surface area (Å²) in [5, 5.41) is 0. The summed E-state index contributed by atoms with van der Waals surface area (Å²) in [6.07, 6.45) is 0. The Hall–Kier alpha value is -2.15. The second-order valence-electron chi connectivity index (χ2n) is 4.64. The molecule has 1 nitrogen and oxygen atoms in total. The molecule has 88 valence electrons. The van der Waals surface area contributed by atoms with Gasteiger partial charge in [0.2, 0.25) is 0 Å². The fraction of sp³-hybridized carbons (Fsp3) is 0.118. The molecule has 1 heterocycles. The van der Waals surface area contributed by atoms with Gasteiger partial charge in [0.15, 0.2) is 0 Å². The quantitative estimate of drug-likeness (QED) is 0.543. The van der Waals surface area contributed by atoms with Crippen LogP contribution in [0, 0.1) is 13.8 Å². The zero-order valence-electron chi connectivity index (χ0n) is 10.6. The Morgan fingerprint density at radius 3 is 2.44 bits per heavy atom. The monoisotopic (exact) mass is 235 g/mol. The SMILES string of the molecule is Cc1cc(C)[o+]c(-c2ccc3cccccc2-3)c1. The molecule has 0 radical (unpaired) electrons. The average molecular weight is 235 g/mol. The highest BCUT2D eigenvalue weighted by Crippen LogP contribution is 2.35. The van der Waals surface area contributed by atoms with Gasteiger partial charge < -0.3 is 0 Å². The predicted octanol–water partition coefficient (Wildman–Crippen LogP) is 4.95. The van der Waals surface area contributed by atoms with Crippen LogP contribution < -0.4 is 0 Å². The first-order valence-electron chi connectivity index (χ1n) is 6.13. The van der Waals surface area contributed by atoms with Crippen LogP contribution in [0.4, 0.5) is 0 Å². The third-order valence-corrected chi connectivity index (χ3v) is 3.12. The van der Waals surface area contributed by atoms with Crippen molar-refractivity contribution >= 4 is 0 Å². The van der Waals surface area contributed by atoms with Crippen molar-refractivity contribution in [2.75, 3.05) is 0 Å². The zero-order valence-corrected chi connectivity index (χ0v) is 10.6. The first kappa shape index (κ1) is 11.0. The van der Waals surface area contributed by atoms with Gasteiger partial charge in [0, 0.05) is 12.1 Å². The molecule has 0 unspecified atom stereocenters. The van der Waals surface area contributed by atoms with E-state index in [4.69, 9.17) is 4.42 Å². The highest BCUT2D eigenvalue weighted by Gasteiger charge is 2.19. The summed E-state index contributed by atoms with van der Waals surface area (Å²) in [6, 6.07) is 18.8. The first-order valence-corrected chi connectivity index (χ1v) is 6.13.